The van der Waals surface area contributed by atoms with Crippen molar-refractivity contribution in [2.75, 3.05) is 27.2 Å². The van der Waals surface area contributed by atoms with Crippen molar-refractivity contribution in [1.29, 1.82) is 0 Å². The van der Waals surface area contributed by atoms with E-state index in [9.17, 15) is 4.79 Å². The Hall–Kier alpha value is -2.01. The van der Waals surface area contributed by atoms with Gasteiger partial charge in [0, 0.05) is 30.8 Å². The van der Waals surface area contributed by atoms with Crippen molar-refractivity contribution in [2.24, 2.45) is 0 Å². The highest BCUT2D eigenvalue weighted by Crippen LogP contribution is 2.11. The lowest BCUT2D eigenvalue weighted by Gasteiger charge is -2.22. The molecule has 1 aromatic carbocycles. The maximum atomic E-state index is 11.9. The Morgan fingerprint density at radius 3 is 2.63 bits per heavy atom. The molecule has 5 nitrogen and oxygen atoms in total. The van der Waals surface area contributed by atoms with Crippen LogP contribution < -0.4 is 15.6 Å². The topological polar surface area (TPSA) is 53.6 Å². The van der Waals surface area contributed by atoms with Crippen LogP contribution in [0.1, 0.15) is 16.8 Å². The van der Waals surface area contributed by atoms with E-state index >= 15 is 0 Å². The number of ether oxygens (including phenoxy) is 1. The second-order valence-corrected chi connectivity index (χ2v) is 4.55. The monoisotopic (exact) mass is 261 g/mol. The summed E-state index contributed by atoms with van der Waals surface area (Å²) in [5, 5.41) is 0. The Balaban J connectivity index is 1.87. The van der Waals surface area contributed by atoms with Gasteiger partial charge < -0.3 is 15.1 Å². The van der Waals surface area contributed by atoms with E-state index in [0.29, 0.717) is 5.56 Å². The van der Waals surface area contributed by atoms with Crippen LogP contribution in [-0.4, -0.2) is 38.1 Å². The van der Waals surface area contributed by atoms with Crippen molar-refractivity contribution in [3.63, 3.8) is 0 Å². The summed E-state index contributed by atoms with van der Waals surface area (Å²) in [6, 6.07) is 7.01. The molecule has 2 rings (SSSR count). The minimum atomic E-state index is -0.150. The Bertz CT molecular complexity index is 468. The number of hydrogen-bond donors (Lipinski definition) is 2. The molecular weight excluding hydrogens is 242 g/mol. The molecule has 0 saturated heterocycles. The van der Waals surface area contributed by atoms with Crippen molar-refractivity contribution in [2.45, 2.75) is 6.42 Å². The number of amides is 1. The Morgan fingerprint density at radius 1 is 1.32 bits per heavy atom. The highest BCUT2D eigenvalue weighted by molar-refractivity contribution is 5.94. The molecule has 0 radical (unpaired) electrons. The summed E-state index contributed by atoms with van der Waals surface area (Å²) >= 11 is 0. The zero-order chi connectivity index (χ0) is 13.7. The van der Waals surface area contributed by atoms with E-state index in [1.54, 1.807) is 31.4 Å². The van der Waals surface area contributed by atoms with Crippen LogP contribution in [0.2, 0.25) is 0 Å². The third kappa shape index (κ3) is 3.72. The fourth-order valence-electron chi connectivity index (χ4n) is 1.84. The third-order valence-corrected chi connectivity index (χ3v) is 3.10. The van der Waals surface area contributed by atoms with Crippen LogP contribution >= 0.6 is 0 Å². The highest BCUT2D eigenvalue weighted by Gasteiger charge is 2.09. The van der Waals surface area contributed by atoms with Crippen molar-refractivity contribution < 1.29 is 9.53 Å². The van der Waals surface area contributed by atoms with Crippen molar-refractivity contribution in [1.82, 2.24) is 15.8 Å². The second-order valence-electron chi connectivity index (χ2n) is 4.55. The minimum absolute atomic E-state index is 0.150. The molecule has 1 aliphatic heterocycles. The normalized spacial score (nSPS) is 15.6. The van der Waals surface area contributed by atoms with Gasteiger partial charge in [-0.15, -0.1) is 0 Å². The van der Waals surface area contributed by atoms with E-state index in [-0.39, 0.29) is 5.91 Å². The fraction of sp³-hybridized carbons (Fsp3) is 0.357. The van der Waals surface area contributed by atoms with Gasteiger partial charge in [-0.1, -0.05) is 0 Å². The molecule has 0 spiro atoms. The number of hydrogen-bond acceptors (Lipinski definition) is 4. The quantitative estimate of drug-likeness (QED) is 0.798. The van der Waals surface area contributed by atoms with Crippen molar-refractivity contribution >= 4 is 5.91 Å². The van der Waals surface area contributed by atoms with Crippen LogP contribution in [-0.2, 0) is 0 Å². The molecule has 1 heterocycles. The molecule has 0 unspecified atom stereocenters. The van der Waals surface area contributed by atoms with Gasteiger partial charge in [-0.05, 0) is 37.4 Å². The summed E-state index contributed by atoms with van der Waals surface area (Å²) in [6.45, 7) is 1.90. The zero-order valence-corrected chi connectivity index (χ0v) is 11.3. The number of carbonyl (C=O) groups is 1. The lowest BCUT2D eigenvalue weighted by Crippen LogP contribution is -2.39. The summed E-state index contributed by atoms with van der Waals surface area (Å²) in [5.74, 6) is 0.588. The predicted octanol–water partition coefficient (Wildman–Crippen LogP) is 1.15. The molecule has 5 heteroatoms. The Morgan fingerprint density at radius 2 is 2.05 bits per heavy atom. The van der Waals surface area contributed by atoms with Gasteiger partial charge in [0.1, 0.15) is 5.75 Å². The Kier molecular flexibility index (Phi) is 4.41. The number of benzene rings is 1. The maximum absolute atomic E-state index is 11.9. The first-order valence-corrected chi connectivity index (χ1v) is 6.27. The lowest BCUT2D eigenvalue weighted by molar-refractivity contribution is 0.0937. The molecule has 1 aliphatic rings. The molecule has 1 amide bonds. The van der Waals surface area contributed by atoms with E-state index < -0.39 is 0 Å². The molecule has 0 saturated carbocycles. The molecule has 19 heavy (non-hydrogen) atoms. The summed E-state index contributed by atoms with van der Waals surface area (Å²) < 4.78 is 5.05. The van der Waals surface area contributed by atoms with Crippen LogP contribution in [0.3, 0.4) is 0 Å². The largest absolute Gasteiger partial charge is 0.497 e. The molecular formula is C14H19N3O2. The number of likely N-dealkylation sites (N-methyl/N-ethyl adjacent to an activating group) is 1. The summed E-state index contributed by atoms with van der Waals surface area (Å²) in [5.41, 5.74) is 7.33. The first-order chi connectivity index (χ1) is 9.19. The Labute approximate surface area is 113 Å². The third-order valence-electron chi connectivity index (χ3n) is 3.10. The second kappa shape index (κ2) is 6.24. The lowest BCUT2D eigenvalue weighted by atomic mass is 10.2. The maximum Gasteiger partial charge on any atom is 0.269 e. The van der Waals surface area contributed by atoms with Gasteiger partial charge in [-0.25, -0.2) is 0 Å². The molecule has 0 aliphatic carbocycles. The summed E-state index contributed by atoms with van der Waals surface area (Å²) in [7, 11) is 3.67. The van der Waals surface area contributed by atoms with Gasteiger partial charge in [0.25, 0.3) is 5.91 Å². The number of methoxy groups -OCH3 is 1. The van der Waals surface area contributed by atoms with Crippen molar-refractivity contribution in [3.8, 4) is 5.75 Å². The molecule has 102 valence electrons. The molecule has 1 aromatic rings. The molecule has 0 aromatic heterocycles. The van der Waals surface area contributed by atoms with E-state index in [1.165, 1.54) is 0 Å². The van der Waals surface area contributed by atoms with E-state index in [0.717, 1.165) is 31.0 Å². The average Bonchev–Trinajstić information content (AvgIpc) is 2.46. The summed E-state index contributed by atoms with van der Waals surface area (Å²) in [6.07, 6.45) is 3.00. The van der Waals surface area contributed by atoms with Crippen LogP contribution in [0.4, 0.5) is 0 Å². The standard InChI is InChI=1S/C14H19N3O2/c1-17-9-7-12(8-10-17)15-16-14(18)11-3-5-13(19-2)6-4-11/h3-7,15H,8-10H2,1-2H3,(H,16,18). The van der Waals surface area contributed by atoms with E-state index in [4.69, 9.17) is 4.74 Å². The summed E-state index contributed by atoms with van der Waals surface area (Å²) in [4.78, 5) is 14.1. The molecule has 0 fully saturated rings. The first kappa shape index (κ1) is 13.4. The number of rotatable bonds is 4. The predicted molar refractivity (Wildman–Crippen MR) is 73.8 cm³/mol. The van der Waals surface area contributed by atoms with Gasteiger partial charge in [-0.2, -0.15) is 0 Å². The van der Waals surface area contributed by atoms with E-state index in [2.05, 4.69) is 28.9 Å². The number of nitrogens with one attached hydrogen (secondary N) is 2. The van der Waals surface area contributed by atoms with Gasteiger partial charge in [0.05, 0.1) is 7.11 Å². The smallest absolute Gasteiger partial charge is 0.269 e. The van der Waals surface area contributed by atoms with Gasteiger partial charge in [-0.3, -0.25) is 10.2 Å². The number of nitrogens with zero attached hydrogens (tertiary/aromatic N) is 1. The molecule has 2 N–H and O–H groups in total. The van der Waals surface area contributed by atoms with Gasteiger partial charge >= 0.3 is 0 Å². The van der Waals surface area contributed by atoms with Crippen LogP contribution in [0.15, 0.2) is 36.0 Å². The van der Waals surface area contributed by atoms with E-state index in [1.807, 2.05) is 0 Å². The van der Waals surface area contributed by atoms with Crippen LogP contribution in [0.5, 0.6) is 5.75 Å². The number of carbonyl (C=O) groups excluding carboxylic acids is 1. The SMILES string of the molecule is COc1ccc(C(=O)NNC2=CCN(C)CC2)cc1. The fourth-order valence-corrected chi connectivity index (χ4v) is 1.84. The highest BCUT2D eigenvalue weighted by atomic mass is 16.5. The van der Waals surface area contributed by atoms with Crippen LogP contribution in [0, 0.1) is 0 Å². The van der Waals surface area contributed by atoms with Gasteiger partial charge in [0.2, 0.25) is 0 Å². The molecule has 0 bridgehead atoms. The minimum Gasteiger partial charge on any atom is -0.497 e. The zero-order valence-electron chi connectivity index (χ0n) is 11.3. The van der Waals surface area contributed by atoms with Crippen LogP contribution in [0.25, 0.3) is 0 Å². The first-order valence-electron chi connectivity index (χ1n) is 6.27. The van der Waals surface area contributed by atoms with Crippen molar-refractivity contribution in [3.05, 3.63) is 41.6 Å². The number of hydrazine groups is 1. The van der Waals surface area contributed by atoms with Gasteiger partial charge in [0.15, 0.2) is 0 Å². The molecule has 0 atom stereocenters. The average molecular weight is 261 g/mol.